The highest BCUT2D eigenvalue weighted by atomic mass is 19.2. The maximum Gasteiger partial charge on any atom is 0.194 e. The number of hydrogen-bond acceptors (Lipinski definition) is 2. The molecule has 1 aromatic carbocycles. The fourth-order valence-corrected chi connectivity index (χ4v) is 2.22. The molecule has 0 saturated carbocycles. The Morgan fingerprint density at radius 3 is 2.15 bits per heavy atom. The van der Waals surface area contributed by atoms with Crippen molar-refractivity contribution >= 4 is 5.82 Å². The van der Waals surface area contributed by atoms with E-state index in [1.165, 1.54) is 0 Å². The van der Waals surface area contributed by atoms with Crippen LogP contribution in [0.15, 0.2) is 12.1 Å². The van der Waals surface area contributed by atoms with E-state index in [1.807, 2.05) is 20.8 Å². The first kappa shape index (κ1) is 14.4. The SMILES string of the molecule is CCc1nc(-c2cc(F)c(F)c(F)c2)c(N)n1C(C)C. The van der Waals surface area contributed by atoms with E-state index in [0.29, 0.717) is 12.2 Å². The smallest absolute Gasteiger partial charge is 0.194 e. The van der Waals surface area contributed by atoms with Crippen LogP contribution in [0.4, 0.5) is 19.0 Å². The Morgan fingerprint density at radius 1 is 1.20 bits per heavy atom. The summed E-state index contributed by atoms with van der Waals surface area (Å²) in [4.78, 5) is 4.31. The number of nitrogens with two attached hydrogens (primary N) is 1. The molecule has 0 radical (unpaired) electrons. The van der Waals surface area contributed by atoms with Gasteiger partial charge in [0.15, 0.2) is 17.5 Å². The molecule has 0 spiro atoms. The highest BCUT2D eigenvalue weighted by Gasteiger charge is 2.20. The third-order valence-corrected chi connectivity index (χ3v) is 3.11. The second-order valence-electron chi connectivity index (χ2n) is 4.83. The van der Waals surface area contributed by atoms with Crippen molar-refractivity contribution in [1.29, 1.82) is 0 Å². The summed E-state index contributed by atoms with van der Waals surface area (Å²) in [6, 6.07) is 1.88. The van der Waals surface area contributed by atoms with Crippen LogP contribution >= 0.6 is 0 Å². The number of benzene rings is 1. The Bertz CT molecular complexity index is 624. The number of nitrogen functional groups attached to an aromatic ring is 1. The van der Waals surface area contributed by atoms with Crippen LogP contribution in [0.5, 0.6) is 0 Å². The van der Waals surface area contributed by atoms with Gasteiger partial charge >= 0.3 is 0 Å². The molecule has 0 saturated heterocycles. The number of anilines is 1. The zero-order valence-corrected chi connectivity index (χ0v) is 11.5. The average molecular weight is 283 g/mol. The summed E-state index contributed by atoms with van der Waals surface area (Å²) < 4.78 is 41.4. The fraction of sp³-hybridized carbons (Fsp3) is 0.357. The van der Waals surface area contributed by atoms with Crippen molar-refractivity contribution in [2.24, 2.45) is 0 Å². The van der Waals surface area contributed by atoms with Crippen LogP contribution in [-0.2, 0) is 6.42 Å². The molecule has 2 aromatic rings. The Labute approximate surface area is 115 Å². The second kappa shape index (κ2) is 5.19. The molecule has 0 amide bonds. The van der Waals surface area contributed by atoms with Gasteiger partial charge in [0.05, 0.1) is 0 Å². The molecule has 2 rings (SSSR count). The minimum Gasteiger partial charge on any atom is -0.383 e. The summed E-state index contributed by atoms with van der Waals surface area (Å²) in [6.07, 6.45) is 0.633. The number of hydrogen-bond donors (Lipinski definition) is 1. The molecule has 0 atom stereocenters. The summed E-state index contributed by atoms with van der Waals surface area (Å²) >= 11 is 0. The first-order valence-corrected chi connectivity index (χ1v) is 6.38. The van der Waals surface area contributed by atoms with Crippen LogP contribution in [0.1, 0.15) is 32.6 Å². The van der Waals surface area contributed by atoms with Gasteiger partial charge in [0.1, 0.15) is 17.3 Å². The van der Waals surface area contributed by atoms with Gasteiger partial charge in [-0.1, -0.05) is 6.92 Å². The molecule has 0 aliphatic rings. The van der Waals surface area contributed by atoms with Crippen LogP contribution < -0.4 is 5.73 Å². The second-order valence-corrected chi connectivity index (χ2v) is 4.83. The molecule has 3 nitrogen and oxygen atoms in total. The molecule has 2 N–H and O–H groups in total. The Morgan fingerprint density at radius 2 is 1.75 bits per heavy atom. The minimum atomic E-state index is -1.49. The summed E-state index contributed by atoms with van der Waals surface area (Å²) in [5.41, 5.74) is 6.42. The van der Waals surface area contributed by atoms with Gasteiger partial charge in [-0.15, -0.1) is 0 Å². The monoisotopic (exact) mass is 283 g/mol. The van der Waals surface area contributed by atoms with Crippen molar-refractivity contribution in [3.05, 3.63) is 35.4 Å². The van der Waals surface area contributed by atoms with E-state index in [-0.39, 0.29) is 17.3 Å². The number of nitrogens with zero attached hydrogens (tertiary/aromatic N) is 2. The molecular weight excluding hydrogens is 267 g/mol. The Kier molecular flexibility index (Phi) is 3.74. The zero-order valence-electron chi connectivity index (χ0n) is 11.5. The molecular formula is C14H16F3N3. The van der Waals surface area contributed by atoms with Crippen molar-refractivity contribution in [2.75, 3.05) is 5.73 Å². The van der Waals surface area contributed by atoms with E-state index in [0.717, 1.165) is 18.0 Å². The van der Waals surface area contributed by atoms with Crippen LogP contribution in [0.25, 0.3) is 11.3 Å². The zero-order chi connectivity index (χ0) is 15.0. The molecule has 0 aliphatic heterocycles. The molecule has 0 fully saturated rings. The van der Waals surface area contributed by atoms with Crippen molar-refractivity contribution < 1.29 is 13.2 Å². The van der Waals surface area contributed by atoms with Gasteiger partial charge in [-0.25, -0.2) is 18.2 Å². The highest BCUT2D eigenvalue weighted by molar-refractivity contribution is 5.71. The van der Waals surface area contributed by atoms with Crippen molar-refractivity contribution in [2.45, 2.75) is 33.2 Å². The lowest BCUT2D eigenvalue weighted by Gasteiger charge is -2.12. The molecule has 1 aromatic heterocycles. The number of rotatable bonds is 3. The standard InChI is InChI=1S/C14H16F3N3/c1-4-11-19-13(14(18)20(11)7(2)3)8-5-9(15)12(17)10(16)6-8/h5-7H,4,18H2,1-3H3. The van der Waals surface area contributed by atoms with E-state index < -0.39 is 17.5 Å². The summed E-state index contributed by atoms with van der Waals surface area (Å²) in [5.74, 6) is -2.96. The maximum absolute atomic E-state index is 13.3. The van der Waals surface area contributed by atoms with Crippen molar-refractivity contribution in [3.63, 3.8) is 0 Å². The lowest BCUT2D eigenvalue weighted by atomic mass is 10.1. The molecule has 108 valence electrons. The van der Waals surface area contributed by atoms with Gasteiger partial charge in [0.25, 0.3) is 0 Å². The van der Waals surface area contributed by atoms with Gasteiger partial charge in [-0.3, -0.25) is 0 Å². The highest BCUT2D eigenvalue weighted by Crippen LogP contribution is 2.31. The minimum absolute atomic E-state index is 0.0707. The molecule has 1 heterocycles. The first-order valence-electron chi connectivity index (χ1n) is 6.38. The lowest BCUT2D eigenvalue weighted by molar-refractivity contribution is 0.447. The van der Waals surface area contributed by atoms with Gasteiger partial charge in [-0.2, -0.15) is 0 Å². The van der Waals surface area contributed by atoms with E-state index in [1.54, 1.807) is 4.57 Å². The largest absolute Gasteiger partial charge is 0.383 e. The number of aromatic nitrogens is 2. The van der Waals surface area contributed by atoms with Crippen LogP contribution in [-0.4, -0.2) is 9.55 Å². The first-order chi connectivity index (χ1) is 9.36. The number of halogens is 3. The van der Waals surface area contributed by atoms with Gasteiger partial charge in [0.2, 0.25) is 0 Å². The summed E-state index contributed by atoms with van der Waals surface area (Å²) in [5, 5.41) is 0. The molecule has 6 heteroatoms. The molecule has 0 bridgehead atoms. The molecule has 0 unspecified atom stereocenters. The quantitative estimate of drug-likeness (QED) is 0.873. The molecule has 20 heavy (non-hydrogen) atoms. The maximum atomic E-state index is 13.3. The predicted molar refractivity (Wildman–Crippen MR) is 71.7 cm³/mol. The van der Waals surface area contributed by atoms with Crippen LogP contribution in [0.2, 0.25) is 0 Å². The summed E-state index contributed by atoms with van der Waals surface area (Å²) in [7, 11) is 0. The van der Waals surface area contributed by atoms with Crippen molar-refractivity contribution in [1.82, 2.24) is 9.55 Å². The van der Waals surface area contributed by atoms with Gasteiger partial charge in [-0.05, 0) is 26.0 Å². The van der Waals surface area contributed by atoms with Crippen LogP contribution in [0, 0.1) is 17.5 Å². The normalized spacial score (nSPS) is 11.3. The van der Waals surface area contributed by atoms with Crippen molar-refractivity contribution in [3.8, 4) is 11.3 Å². The fourth-order valence-electron chi connectivity index (χ4n) is 2.22. The molecule has 0 aliphatic carbocycles. The topological polar surface area (TPSA) is 43.8 Å². The van der Waals surface area contributed by atoms with E-state index >= 15 is 0 Å². The third kappa shape index (κ3) is 2.26. The number of aryl methyl sites for hydroxylation is 1. The van der Waals surface area contributed by atoms with E-state index in [9.17, 15) is 13.2 Å². The number of imidazole rings is 1. The Hall–Kier alpha value is -1.98. The Balaban J connectivity index is 2.65. The summed E-state index contributed by atoms with van der Waals surface area (Å²) in [6.45, 7) is 5.79. The third-order valence-electron chi connectivity index (χ3n) is 3.11. The lowest BCUT2D eigenvalue weighted by Crippen LogP contribution is -2.09. The van der Waals surface area contributed by atoms with Gasteiger partial charge < -0.3 is 10.3 Å². The predicted octanol–water partition coefficient (Wildman–Crippen LogP) is 3.69. The van der Waals surface area contributed by atoms with Gasteiger partial charge in [0, 0.05) is 18.0 Å². The van der Waals surface area contributed by atoms with E-state index in [2.05, 4.69) is 4.98 Å². The average Bonchev–Trinajstić information content (AvgIpc) is 2.72. The van der Waals surface area contributed by atoms with Crippen LogP contribution in [0.3, 0.4) is 0 Å². The van der Waals surface area contributed by atoms with E-state index in [4.69, 9.17) is 5.73 Å².